The standard InChI is InChI=1S/C13H26N2O/c1-9(2)10(3)13(16)15-12-7-5-11(14-4)6-8-12/h9-12,14H,5-8H2,1-4H3,(H,15,16). The number of hydrogen-bond donors (Lipinski definition) is 2. The van der Waals surface area contributed by atoms with Gasteiger partial charge in [-0.2, -0.15) is 0 Å². The SMILES string of the molecule is CNC1CCC(NC(=O)C(C)C(C)C)CC1. The van der Waals surface area contributed by atoms with Gasteiger partial charge in [0.15, 0.2) is 0 Å². The van der Waals surface area contributed by atoms with Gasteiger partial charge < -0.3 is 10.6 Å². The van der Waals surface area contributed by atoms with Gasteiger partial charge in [0, 0.05) is 18.0 Å². The molecule has 1 amide bonds. The number of amides is 1. The van der Waals surface area contributed by atoms with Crippen molar-refractivity contribution in [2.45, 2.75) is 58.5 Å². The Morgan fingerprint density at radius 1 is 1.06 bits per heavy atom. The van der Waals surface area contributed by atoms with Crippen molar-refractivity contribution in [1.82, 2.24) is 10.6 Å². The first-order valence-electron chi connectivity index (χ1n) is 6.52. The van der Waals surface area contributed by atoms with E-state index in [1.54, 1.807) is 0 Å². The second kappa shape index (κ2) is 6.24. The zero-order valence-electron chi connectivity index (χ0n) is 11.0. The Kier molecular flexibility index (Phi) is 5.26. The molecule has 1 unspecified atom stereocenters. The summed E-state index contributed by atoms with van der Waals surface area (Å²) in [5, 5.41) is 6.48. The quantitative estimate of drug-likeness (QED) is 0.769. The van der Waals surface area contributed by atoms with Crippen molar-refractivity contribution in [2.24, 2.45) is 11.8 Å². The molecule has 0 aromatic rings. The zero-order chi connectivity index (χ0) is 12.1. The van der Waals surface area contributed by atoms with Crippen LogP contribution < -0.4 is 10.6 Å². The molecule has 3 heteroatoms. The zero-order valence-corrected chi connectivity index (χ0v) is 11.0. The Labute approximate surface area is 99.4 Å². The van der Waals surface area contributed by atoms with Gasteiger partial charge >= 0.3 is 0 Å². The summed E-state index contributed by atoms with van der Waals surface area (Å²) < 4.78 is 0. The van der Waals surface area contributed by atoms with Crippen LogP contribution in [0, 0.1) is 11.8 Å². The summed E-state index contributed by atoms with van der Waals surface area (Å²) in [6.07, 6.45) is 4.58. The minimum atomic E-state index is 0.127. The third kappa shape index (κ3) is 3.78. The molecule has 1 aliphatic carbocycles. The maximum Gasteiger partial charge on any atom is 0.223 e. The lowest BCUT2D eigenvalue weighted by atomic mass is 9.90. The van der Waals surface area contributed by atoms with Gasteiger partial charge in [-0.3, -0.25) is 4.79 Å². The average Bonchev–Trinajstić information content (AvgIpc) is 2.28. The lowest BCUT2D eigenvalue weighted by Gasteiger charge is -2.30. The molecule has 0 bridgehead atoms. The van der Waals surface area contributed by atoms with E-state index in [-0.39, 0.29) is 11.8 Å². The second-order valence-electron chi connectivity index (χ2n) is 5.38. The number of nitrogens with one attached hydrogen (secondary N) is 2. The van der Waals surface area contributed by atoms with E-state index < -0.39 is 0 Å². The van der Waals surface area contributed by atoms with Crippen molar-refractivity contribution in [3.63, 3.8) is 0 Å². The lowest BCUT2D eigenvalue weighted by molar-refractivity contribution is -0.126. The normalized spacial score (nSPS) is 27.8. The van der Waals surface area contributed by atoms with Gasteiger partial charge in [-0.05, 0) is 38.6 Å². The summed E-state index contributed by atoms with van der Waals surface area (Å²) in [5.74, 6) is 0.776. The fourth-order valence-corrected chi connectivity index (χ4v) is 2.16. The Hall–Kier alpha value is -0.570. The van der Waals surface area contributed by atoms with Crippen LogP contribution in [0.25, 0.3) is 0 Å². The third-order valence-electron chi connectivity index (χ3n) is 3.90. The molecule has 3 nitrogen and oxygen atoms in total. The number of rotatable bonds is 4. The minimum Gasteiger partial charge on any atom is -0.353 e. The highest BCUT2D eigenvalue weighted by molar-refractivity contribution is 5.78. The number of hydrogen-bond acceptors (Lipinski definition) is 2. The van der Waals surface area contributed by atoms with Crippen LogP contribution >= 0.6 is 0 Å². The fourth-order valence-electron chi connectivity index (χ4n) is 2.16. The second-order valence-corrected chi connectivity index (χ2v) is 5.38. The van der Waals surface area contributed by atoms with Crippen molar-refractivity contribution in [1.29, 1.82) is 0 Å². The lowest BCUT2D eigenvalue weighted by Crippen LogP contribution is -2.43. The van der Waals surface area contributed by atoms with Gasteiger partial charge in [-0.15, -0.1) is 0 Å². The highest BCUT2D eigenvalue weighted by Gasteiger charge is 2.24. The summed E-state index contributed by atoms with van der Waals surface area (Å²) in [6.45, 7) is 6.21. The van der Waals surface area contributed by atoms with Gasteiger partial charge in [0.1, 0.15) is 0 Å². The van der Waals surface area contributed by atoms with Crippen LogP contribution in [0.4, 0.5) is 0 Å². The predicted octanol–water partition coefficient (Wildman–Crippen LogP) is 1.93. The molecule has 16 heavy (non-hydrogen) atoms. The maximum atomic E-state index is 11.9. The van der Waals surface area contributed by atoms with E-state index in [0.29, 0.717) is 18.0 Å². The van der Waals surface area contributed by atoms with Crippen LogP contribution in [-0.4, -0.2) is 25.0 Å². The van der Waals surface area contributed by atoms with Crippen molar-refractivity contribution >= 4 is 5.91 Å². The van der Waals surface area contributed by atoms with E-state index in [0.717, 1.165) is 12.8 Å². The summed E-state index contributed by atoms with van der Waals surface area (Å²) in [5.41, 5.74) is 0. The molecule has 1 atom stereocenters. The molecule has 0 saturated heterocycles. The van der Waals surface area contributed by atoms with Gasteiger partial charge in [0.2, 0.25) is 5.91 Å². The van der Waals surface area contributed by atoms with E-state index in [2.05, 4.69) is 24.5 Å². The molecular weight excluding hydrogens is 200 g/mol. The largest absolute Gasteiger partial charge is 0.353 e. The van der Waals surface area contributed by atoms with Gasteiger partial charge in [-0.1, -0.05) is 20.8 Å². The molecule has 2 N–H and O–H groups in total. The molecule has 0 aromatic heterocycles. The molecule has 0 aliphatic heterocycles. The molecule has 0 spiro atoms. The highest BCUT2D eigenvalue weighted by atomic mass is 16.1. The van der Waals surface area contributed by atoms with Crippen LogP contribution in [0.2, 0.25) is 0 Å². The van der Waals surface area contributed by atoms with Crippen molar-refractivity contribution in [3.8, 4) is 0 Å². The summed E-state index contributed by atoms with van der Waals surface area (Å²) in [7, 11) is 2.02. The molecule has 0 heterocycles. The molecule has 1 rings (SSSR count). The fraction of sp³-hybridized carbons (Fsp3) is 0.923. The average molecular weight is 226 g/mol. The van der Waals surface area contributed by atoms with E-state index >= 15 is 0 Å². The molecule has 1 saturated carbocycles. The van der Waals surface area contributed by atoms with Crippen LogP contribution in [0.15, 0.2) is 0 Å². The van der Waals surface area contributed by atoms with Gasteiger partial charge in [-0.25, -0.2) is 0 Å². The summed E-state index contributed by atoms with van der Waals surface area (Å²) in [6, 6.07) is 1.05. The van der Waals surface area contributed by atoms with Crippen LogP contribution in [0.1, 0.15) is 46.5 Å². The van der Waals surface area contributed by atoms with Gasteiger partial charge in [0.05, 0.1) is 0 Å². The molecular formula is C13H26N2O. The van der Waals surface area contributed by atoms with E-state index in [9.17, 15) is 4.79 Å². The maximum absolute atomic E-state index is 11.9. The molecule has 1 fully saturated rings. The van der Waals surface area contributed by atoms with E-state index in [1.807, 2.05) is 14.0 Å². The van der Waals surface area contributed by atoms with E-state index in [4.69, 9.17) is 0 Å². The monoisotopic (exact) mass is 226 g/mol. The molecule has 94 valence electrons. The number of carbonyl (C=O) groups excluding carboxylic acids is 1. The molecule has 0 aromatic carbocycles. The van der Waals surface area contributed by atoms with Crippen molar-refractivity contribution in [2.75, 3.05) is 7.05 Å². The molecule has 0 radical (unpaired) electrons. The van der Waals surface area contributed by atoms with Crippen LogP contribution in [-0.2, 0) is 4.79 Å². The first-order chi connectivity index (χ1) is 7.54. The Balaban J connectivity index is 2.31. The van der Waals surface area contributed by atoms with Gasteiger partial charge in [0.25, 0.3) is 0 Å². The first-order valence-corrected chi connectivity index (χ1v) is 6.52. The Morgan fingerprint density at radius 3 is 2.00 bits per heavy atom. The minimum absolute atomic E-state index is 0.127. The Bertz CT molecular complexity index is 220. The van der Waals surface area contributed by atoms with Crippen LogP contribution in [0.5, 0.6) is 0 Å². The predicted molar refractivity (Wildman–Crippen MR) is 67.2 cm³/mol. The van der Waals surface area contributed by atoms with E-state index in [1.165, 1.54) is 12.8 Å². The smallest absolute Gasteiger partial charge is 0.223 e. The van der Waals surface area contributed by atoms with Crippen LogP contribution in [0.3, 0.4) is 0 Å². The topological polar surface area (TPSA) is 41.1 Å². The highest BCUT2D eigenvalue weighted by Crippen LogP contribution is 2.19. The summed E-state index contributed by atoms with van der Waals surface area (Å²) in [4.78, 5) is 11.9. The summed E-state index contributed by atoms with van der Waals surface area (Å²) >= 11 is 0. The number of carbonyl (C=O) groups is 1. The van der Waals surface area contributed by atoms with Crippen molar-refractivity contribution in [3.05, 3.63) is 0 Å². The first kappa shape index (κ1) is 13.5. The Morgan fingerprint density at radius 2 is 1.56 bits per heavy atom. The molecule has 1 aliphatic rings. The van der Waals surface area contributed by atoms with Crippen molar-refractivity contribution < 1.29 is 4.79 Å². The third-order valence-corrected chi connectivity index (χ3v) is 3.90.